The molecule has 21 heavy (non-hydrogen) atoms. The summed E-state index contributed by atoms with van der Waals surface area (Å²) >= 11 is 0. The molecule has 0 aromatic carbocycles. The quantitative estimate of drug-likeness (QED) is 0.643. The maximum absolute atomic E-state index is 12.1. The van der Waals surface area contributed by atoms with Gasteiger partial charge in [-0.15, -0.1) is 0 Å². The first-order chi connectivity index (χ1) is 10.3. The van der Waals surface area contributed by atoms with Crippen molar-refractivity contribution in [3.8, 4) is 0 Å². The van der Waals surface area contributed by atoms with Gasteiger partial charge in [0.25, 0.3) is 5.91 Å². The van der Waals surface area contributed by atoms with Crippen molar-refractivity contribution in [2.24, 2.45) is 0 Å². The van der Waals surface area contributed by atoms with Gasteiger partial charge in [-0.05, 0) is 38.8 Å². The van der Waals surface area contributed by atoms with Crippen molar-refractivity contribution < 1.29 is 9.53 Å². The van der Waals surface area contributed by atoms with Gasteiger partial charge in [-0.25, -0.2) is 0 Å². The van der Waals surface area contributed by atoms with E-state index in [2.05, 4.69) is 17.6 Å². The highest BCUT2D eigenvalue weighted by Gasteiger charge is 2.48. The molecular weight excluding hydrogens is 264 g/mol. The van der Waals surface area contributed by atoms with Crippen LogP contribution in [-0.4, -0.2) is 30.8 Å². The first kappa shape index (κ1) is 16.8. The Morgan fingerprint density at radius 2 is 1.67 bits per heavy atom. The maximum atomic E-state index is 12.1. The molecule has 2 aliphatic heterocycles. The summed E-state index contributed by atoms with van der Waals surface area (Å²) in [5.74, 6) is 0.119. The lowest BCUT2D eigenvalue weighted by atomic mass is 9.92. The maximum Gasteiger partial charge on any atom is 0.254 e. The Morgan fingerprint density at radius 1 is 1.05 bits per heavy atom. The Bertz CT molecular complexity index is 314. The third-order valence-electron chi connectivity index (χ3n) is 4.80. The summed E-state index contributed by atoms with van der Waals surface area (Å²) in [6.07, 6.45) is 13.1. The standard InChI is InChI=1S/C17H32N2O2/c1-2-3-4-5-6-7-8-9-10-15-19-16(20)17(21-15)11-13-18-14-12-17/h15,18H,2-14H2,1H3,(H,19,20). The van der Waals surface area contributed by atoms with Crippen LogP contribution in [0.4, 0.5) is 0 Å². The second kappa shape index (κ2) is 8.74. The number of hydrogen-bond acceptors (Lipinski definition) is 3. The second-order valence-corrected chi connectivity index (χ2v) is 6.59. The molecule has 0 saturated carbocycles. The Balaban J connectivity index is 1.55. The van der Waals surface area contributed by atoms with Gasteiger partial charge in [-0.1, -0.05) is 51.9 Å². The summed E-state index contributed by atoms with van der Waals surface area (Å²) in [7, 11) is 0. The molecule has 2 heterocycles. The van der Waals surface area contributed by atoms with Crippen LogP contribution in [0.5, 0.6) is 0 Å². The number of carbonyl (C=O) groups is 1. The lowest BCUT2D eigenvalue weighted by Crippen LogP contribution is -2.47. The van der Waals surface area contributed by atoms with Gasteiger partial charge in [0.2, 0.25) is 0 Å². The van der Waals surface area contributed by atoms with Crippen LogP contribution in [0.2, 0.25) is 0 Å². The third kappa shape index (κ3) is 4.96. The van der Waals surface area contributed by atoms with Crippen LogP contribution in [0.15, 0.2) is 0 Å². The number of nitrogens with one attached hydrogen (secondary N) is 2. The molecule has 2 N–H and O–H groups in total. The number of carbonyl (C=O) groups excluding carboxylic acids is 1. The average molecular weight is 296 g/mol. The largest absolute Gasteiger partial charge is 0.342 e. The van der Waals surface area contributed by atoms with Crippen LogP contribution >= 0.6 is 0 Å². The molecule has 122 valence electrons. The molecule has 0 aromatic heterocycles. The number of hydrogen-bond donors (Lipinski definition) is 2. The van der Waals surface area contributed by atoms with Gasteiger partial charge in [-0.2, -0.15) is 0 Å². The molecule has 1 amide bonds. The van der Waals surface area contributed by atoms with E-state index in [0.717, 1.165) is 38.8 Å². The molecule has 1 spiro atoms. The van der Waals surface area contributed by atoms with E-state index in [-0.39, 0.29) is 12.1 Å². The van der Waals surface area contributed by atoms with Crippen LogP contribution < -0.4 is 10.6 Å². The average Bonchev–Trinajstić information content (AvgIpc) is 2.78. The van der Waals surface area contributed by atoms with E-state index < -0.39 is 5.60 Å². The predicted octanol–water partition coefficient (Wildman–Crippen LogP) is 3.11. The molecule has 2 saturated heterocycles. The minimum atomic E-state index is -0.518. The van der Waals surface area contributed by atoms with Crippen molar-refractivity contribution in [3.05, 3.63) is 0 Å². The van der Waals surface area contributed by atoms with Gasteiger partial charge < -0.3 is 15.4 Å². The van der Waals surface area contributed by atoms with Crippen LogP contribution in [0.25, 0.3) is 0 Å². The highest BCUT2D eigenvalue weighted by molar-refractivity contribution is 5.87. The molecule has 1 unspecified atom stereocenters. The fourth-order valence-corrected chi connectivity index (χ4v) is 3.40. The molecule has 0 aliphatic carbocycles. The smallest absolute Gasteiger partial charge is 0.254 e. The minimum Gasteiger partial charge on any atom is -0.342 e. The van der Waals surface area contributed by atoms with E-state index in [9.17, 15) is 4.79 Å². The van der Waals surface area contributed by atoms with Crippen LogP contribution in [0.1, 0.15) is 77.6 Å². The lowest BCUT2D eigenvalue weighted by molar-refractivity contribution is -0.137. The number of amides is 1. The van der Waals surface area contributed by atoms with E-state index in [1.54, 1.807) is 0 Å². The van der Waals surface area contributed by atoms with E-state index >= 15 is 0 Å². The Labute approximate surface area is 129 Å². The molecule has 2 rings (SSSR count). The number of ether oxygens (including phenoxy) is 1. The molecule has 4 heteroatoms. The zero-order chi connectivity index (χ0) is 15.0. The summed E-state index contributed by atoms with van der Waals surface area (Å²) in [6, 6.07) is 0. The fourth-order valence-electron chi connectivity index (χ4n) is 3.40. The summed E-state index contributed by atoms with van der Waals surface area (Å²) < 4.78 is 6.06. The van der Waals surface area contributed by atoms with Crippen LogP contribution in [0, 0.1) is 0 Å². The van der Waals surface area contributed by atoms with Crippen molar-refractivity contribution in [1.29, 1.82) is 0 Å². The normalized spacial score (nSPS) is 24.4. The molecule has 2 fully saturated rings. The Kier molecular flexibility index (Phi) is 6.97. The number of unbranched alkanes of at least 4 members (excludes halogenated alkanes) is 7. The fraction of sp³-hybridized carbons (Fsp3) is 0.941. The summed E-state index contributed by atoms with van der Waals surface area (Å²) in [5.41, 5.74) is -0.518. The highest BCUT2D eigenvalue weighted by atomic mass is 16.5. The van der Waals surface area contributed by atoms with Gasteiger partial charge in [0.1, 0.15) is 6.23 Å². The first-order valence-corrected chi connectivity index (χ1v) is 8.96. The molecule has 4 nitrogen and oxygen atoms in total. The van der Waals surface area contributed by atoms with Crippen molar-refractivity contribution in [3.63, 3.8) is 0 Å². The molecule has 0 radical (unpaired) electrons. The molecular formula is C17H32N2O2. The summed E-state index contributed by atoms with van der Waals surface area (Å²) in [6.45, 7) is 4.03. The number of rotatable bonds is 9. The van der Waals surface area contributed by atoms with Crippen molar-refractivity contribution in [2.75, 3.05) is 13.1 Å². The van der Waals surface area contributed by atoms with Gasteiger partial charge >= 0.3 is 0 Å². The Hall–Kier alpha value is -0.610. The number of piperidine rings is 1. The van der Waals surface area contributed by atoms with E-state index in [4.69, 9.17) is 4.74 Å². The van der Waals surface area contributed by atoms with Crippen LogP contribution in [0.3, 0.4) is 0 Å². The zero-order valence-corrected chi connectivity index (χ0v) is 13.6. The van der Waals surface area contributed by atoms with Crippen LogP contribution in [-0.2, 0) is 9.53 Å². The van der Waals surface area contributed by atoms with Crippen molar-refractivity contribution >= 4 is 5.91 Å². The summed E-state index contributed by atoms with van der Waals surface area (Å²) in [4.78, 5) is 12.1. The molecule has 0 bridgehead atoms. The van der Waals surface area contributed by atoms with Gasteiger partial charge in [0.15, 0.2) is 5.60 Å². The lowest BCUT2D eigenvalue weighted by Gasteiger charge is -2.30. The van der Waals surface area contributed by atoms with Gasteiger partial charge in [-0.3, -0.25) is 4.79 Å². The third-order valence-corrected chi connectivity index (χ3v) is 4.80. The monoisotopic (exact) mass is 296 g/mol. The van der Waals surface area contributed by atoms with Crippen molar-refractivity contribution in [2.45, 2.75) is 89.4 Å². The van der Waals surface area contributed by atoms with E-state index in [1.807, 2.05) is 0 Å². The van der Waals surface area contributed by atoms with E-state index in [1.165, 1.54) is 44.9 Å². The predicted molar refractivity (Wildman–Crippen MR) is 85.1 cm³/mol. The topological polar surface area (TPSA) is 50.4 Å². The molecule has 1 atom stereocenters. The van der Waals surface area contributed by atoms with Gasteiger partial charge in [0, 0.05) is 0 Å². The minimum absolute atomic E-state index is 0.0457. The molecule has 0 aromatic rings. The van der Waals surface area contributed by atoms with Crippen molar-refractivity contribution in [1.82, 2.24) is 10.6 Å². The Morgan fingerprint density at radius 3 is 2.33 bits per heavy atom. The van der Waals surface area contributed by atoms with Gasteiger partial charge in [0.05, 0.1) is 0 Å². The summed E-state index contributed by atoms with van der Waals surface area (Å²) in [5, 5.41) is 6.34. The highest BCUT2D eigenvalue weighted by Crippen LogP contribution is 2.30. The molecule has 2 aliphatic rings. The zero-order valence-electron chi connectivity index (χ0n) is 13.6. The second-order valence-electron chi connectivity index (χ2n) is 6.59. The van der Waals surface area contributed by atoms with E-state index in [0.29, 0.717) is 0 Å². The first-order valence-electron chi connectivity index (χ1n) is 8.96. The SMILES string of the molecule is CCCCCCCCCCC1NC(=O)C2(CCNCC2)O1.